The SMILES string of the molecule is CCn1ccnc1SCC(=O)Nc1sc(C)c(C)c1C(=O)OC. The van der Waals surface area contributed by atoms with E-state index in [-0.39, 0.29) is 11.7 Å². The fourth-order valence-electron chi connectivity index (χ4n) is 2.03. The number of thiophene rings is 1. The second kappa shape index (κ2) is 7.65. The van der Waals surface area contributed by atoms with Gasteiger partial charge >= 0.3 is 5.97 Å². The van der Waals surface area contributed by atoms with Gasteiger partial charge in [0.2, 0.25) is 5.91 Å². The highest BCUT2D eigenvalue weighted by Crippen LogP contribution is 2.33. The van der Waals surface area contributed by atoms with Crippen molar-refractivity contribution in [1.29, 1.82) is 0 Å². The van der Waals surface area contributed by atoms with Gasteiger partial charge in [-0.25, -0.2) is 9.78 Å². The number of thioether (sulfide) groups is 1. The maximum Gasteiger partial charge on any atom is 0.341 e. The maximum atomic E-state index is 12.2. The van der Waals surface area contributed by atoms with E-state index >= 15 is 0 Å². The summed E-state index contributed by atoms with van der Waals surface area (Å²) in [6, 6.07) is 0. The number of anilines is 1. The van der Waals surface area contributed by atoms with Crippen molar-refractivity contribution in [2.75, 3.05) is 18.2 Å². The molecule has 2 heterocycles. The summed E-state index contributed by atoms with van der Waals surface area (Å²) in [4.78, 5) is 29.3. The average molecular weight is 353 g/mol. The van der Waals surface area contributed by atoms with Crippen molar-refractivity contribution in [2.45, 2.75) is 32.5 Å². The largest absolute Gasteiger partial charge is 0.465 e. The van der Waals surface area contributed by atoms with Gasteiger partial charge in [0.1, 0.15) is 5.00 Å². The summed E-state index contributed by atoms with van der Waals surface area (Å²) in [7, 11) is 1.33. The molecule has 0 unspecified atom stereocenters. The molecule has 0 bridgehead atoms. The van der Waals surface area contributed by atoms with E-state index in [9.17, 15) is 9.59 Å². The predicted molar refractivity (Wildman–Crippen MR) is 92.4 cm³/mol. The van der Waals surface area contributed by atoms with Crippen LogP contribution in [0, 0.1) is 13.8 Å². The summed E-state index contributed by atoms with van der Waals surface area (Å²) in [5.74, 6) is -0.378. The lowest BCUT2D eigenvalue weighted by atomic mass is 10.1. The lowest BCUT2D eigenvalue weighted by Crippen LogP contribution is -2.16. The molecule has 2 aromatic heterocycles. The lowest BCUT2D eigenvalue weighted by Gasteiger charge is -2.07. The first-order chi connectivity index (χ1) is 11.0. The molecule has 2 rings (SSSR count). The fraction of sp³-hybridized carbons (Fsp3) is 0.400. The summed E-state index contributed by atoms with van der Waals surface area (Å²) in [5.41, 5.74) is 1.27. The molecule has 0 saturated carbocycles. The predicted octanol–water partition coefficient (Wildman–Crippen LogP) is 3.10. The highest BCUT2D eigenvalue weighted by Gasteiger charge is 2.21. The van der Waals surface area contributed by atoms with Gasteiger partial charge in [0, 0.05) is 23.8 Å². The minimum Gasteiger partial charge on any atom is -0.465 e. The summed E-state index contributed by atoms with van der Waals surface area (Å²) < 4.78 is 6.77. The van der Waals surface area contributed by atoms with E-state index < -0.39 is 5.97 Å². The molecule has 0 aliphatic heterocycles. The normalized spacial score (nSPS) is 10.6. The van der Waals surface area contributed by atoms with Crippen molar-refractivity contribution in [1.82, 2.24) is 9.55 Å². The number of aryl methyl sites for hydroxylation is 2. The molecule has 1 amide bonds. The number of esters is 1. The summed E-state index contributed by atoms with van der Waals surface area (Å²) in [5, 5.41) is 4.15. The number of nitrogens with zero attached hydrogens (tertiary/aromatic N) is 2. The molecule has 1 N–H and O–H groups in total. The first-order valence-electron chi connectivity index (χ1n) is 7.10. The molecule has 0 aliphatic rings. The van der Waals surface area contributed by atoms with Crippen LogP contribution in [-0.4, -0.2) is 34.3 Å². The molecule has 2 aromatic rings. The highest BCUT2D eigenvalue weighted by atomic mass is 32.2. The van der Waals surface area contributed by atoms with Crippen LogP contribution in [0.25, 0.3) is 0 Å². The summed E-state index contributed by atoms with van der Waals surface area (Å²) >= 11 is 2.75. The van der Waals surface area contributed by atoms with Crippen LogP contribution in [0.3, 0.4) is 0 Å². The number of rotatable bonds is 6. The third kappa shape index (κ3) is 3.94. The van der Waals surface area contributed by atoms with Crippen LogP contribution < -0.4 is 5.32 Å². The topological polar surface area (TPSA) is 73.2 Å². The van der Waals surface area contributed by atoms with E-state index in [1.54, 1.807) is 6.20 Å². The first kappa shape index (κ1) is 17.6. The number of ether oxygens (including phenoxy) is 1. The van der Waals surface area contributed by atoms with Crippen LogP contribution in [0.2, 0.25) is 0 Å². The molecule has 0 aromatic carbocycles. The molecule has 0 atom stereocenters. The van der Waals surface area contributed by atoms with E-state index in [0.29, 0.717) is 10.6 Å². The Hall–Kier alpha value is -1.80. The molecule has 0 radical (unpaired) electrons. The van der Waals surface area contributed by atoms with Gasteiger partial charge in [0.05, 0.1) is 18.4 Å². The van der Waals surface area contributed by atoms with Crippen molar-refractivity contribution in [3.05, 3.63) is 28.4 Å². The minimum absolute atomic E-state index is 0.174. The van der Waals surface area contributed by atoms with Gasteiger partial charge in [-0.2, -0.15) is 0 Å². The van der Waals surface area contributed by atoms with E-state index in [4.69, 9.17) is 4.74 Å². The lowest BCUT2D eigenvalue weighted by molar-refractivity contribution is -0.113. The Morgan fingerprint density at radius 1 is 1.43 bits per heavy atom. The van der Waals surface area contributed by atoms with Crippen LogP contribution in [0.5, 0.6) is 0 Å². The van der Waals surface area contributed by atoms with Crippen LogP contribution in [0.15, 0.2) is 17.6 Å². The van der Waals surface area contributed by atoms with Crippen molar-refractivity contribution < 1.29 is 14.3 Å². The summed E-state index contributed by atoms with van der Waals surface area (Å²) in [6.45, 7) is 6.58. The summed E-state index contributed by atoms with van der Waals surface area (Å²) in [6.07, 6.45) is 3.59. The van der Waals surface area contributed by atoms with Gasteiger partial charge in [-0.1, -0.05) is 11.8 Å². The van der Waals surface area contributed by atoms with Crippen LogP contribution in [-0.2, 0) is 16.1 Å². The van der Waals surface area contributed by atoms with Gasteiger partial charge in [-0.05, 0) is 26.3 Å². The van der Waals surface area contributed by atoms with Gasteiger partial charge < -0.3 is 14.6 Å². The highest BCUT2D eigenvalue weighted by molar-refractivity contribution is 7.99. The molecule has 124 valence electrons. The second-order valence-electron chi connectivity index (χ2n) is 4.81. The maximum absolute atomic E-state index is 12.2. The average Bonchev–Trinajstić information content (AvgIpc) is 3.09. The smallest absolute Gasteiger partial charge is 0.341 e. The van der Waals surface area contributed by atoms with Crippen molar-refractivity contribution in [2.24, 2.45) is 0 Å². The fourth-order valence-corrected chi connectivity index (χ4v) is 3.92. The van der Waals surface area contributed by atoms with Crippen molar-refractivity contribution in [3.8, 4) is 0 Å². The number of imidazole rings is 1. The number of carbonyl (C=O) groups is 2. The number of amides is 1. The number of nitrogens with one attached hydrogen (secondary N) is 1. The van der Waals surface area contributed by atoms with E-state index in [1.165, 1.54) is 30.2 Å². The molecular weight excluding hydrogens is 334 g/mol. The van der Waals surface area contributed by atoms with E-state index in [0.717, 1.165) is 22.1 Å². The number of hydrogen-bond acceptors (Lipinski definition) is 6. The van der Waals surface area contributed by atoms with Crippen molar-refractivity contribution >= 4 is 40.0 Å². The van der Waals surface area contributed by atoms with Gasteiger partial charge in [-0.15, -0.1) is 11.3 Å². The van der Waals surface area contributed by atoms with Crippen LogP contribution >= 0.6 is 23.1 Å². The van der Waals surface area contributed by atoms with Gasteiger partial charge in [0.25, 0.3) is 0 Å². The molecule has 23 heavy (non-hydrogen) atoms. The van der Waals surface area contributed by atoms with E-state index in [2.05, 4.69) is 10.3 Å². The Morgan fingerprint density at radius 3 is 2.83 bits per heavy atom. The first-order valence-corrected chi connectivity index (χ1v) is 8.90. The monoisotopic (exact) mass is 353 g/mol. The Labute approximate surface area is 143 Å². The third-order valence-electron chi connectivity index (χ3n) is 3.38. The Morgan fingerprint density at radius 2 is 2.17 bits per heavy atom. The number of hydrogen-bond donors (Lipinski definition) is 1. The number of carbonyl (C=O) groups excluding carboxylic acids is 2. The van der Waals surface area contributed by atoms with Crippen molar-refractivity contribution in [3.63, 3.8) is 0 Å². The van der Waals surface area contributed by atoms with Crippen LogP contribution in [0.1, 0.15) is 27.7 Å². The third-order valence-corrected chi connectivity index (χ3v) is 5.51. The Kier molecular flexibility index (Phi) is 5.84. The zero-order valence-electron chi connectivity index (χ0n) is 13.5. The number of aromatic nitrogens is 2. The minimum atomic E-state index is -0.434. The molecule has 0 spiro atoms. The second-order valence-corrected chi connectivity index (χ2v) is 6.98. The van der Waals surface area contributed by atoms with Gasteiger partial charge in [0.15, 0.2) is 5.16 Å². The zero-order valence-corrected chi connectivity index (χ0v) is 15.1. The molecule has 0 fully saturated rings. The molecule has 8 heteroatoms. The Bertz CT molecular complexity index is 722. The quantitative estimate of drug-likeness (QED) is 0.638. The number of methoxy groups -OCH3 is 1. The zero-order chi connectivity index (χ0) is 17.0. The molecular formula is C15H19N3O3S2. The van der Waals surface area contributed by atoms with E-state index in [1.807, 2.05) is 31.5 Å². The standard InChI is InChI=1S/C15H19N3O3S2/c1-5-18-7-6-16-15(18)22-8-11(19)17-13-12(14(20)21-4)9(2)10(3)23-13/h6-7H,5,8H2,1-4H3,(H,17,19). The molecule has 0 saturated heterocycles. The molecule has 6 nitrogen and oxygen atoms in total. The van der Waals surface area contributed by atoms with Gasteiger partial charge in [-0.3, -0.25) is 4.79 Å². The molecule has 0 aliphatic carbocycles. The van der Waals surface area contributed by atoms with Crippen LogP contribution in [0.4, 0.5) is 5.00 Å². The Balaban J connectivity index is 2.06.